The molecule has 0 unspecified atom stereocenters. The first kappa shape index (κ1) is 19.7. The van der Waals surface area contributed by atoms with Crippen LogP contribution in [-0.4, -0.2) is 75.3 Å². The van der Waals surface area contributed by atoms with Gasteiger partial charge in [0.2, 0.25) is 0 Å². The minimum absolute atomic E-state index is 0. The van der Waals surface area contributed by atoms with Gasteiger partial charge in [-0.15, -0.1) is 0 Å². The summed E-state index contributed by atoms with van der Waals surface area (Å²) < 4.78 is 30.6. The van der Waals surface area contributed by atoms with Crippen molar-refractivity contribution in [1.82, 2.24) is 0 Å². The molecule has 0 fully saturated rings. The average Bonchev–Trinajstić information content (AvgIpc) is 2.11. The molecule has 10 heteroatoms. The van der Waals surface area contributed by atoms with Crippen molar-refractivity contribution < 1.29 is 89.9 Å². The first-order valence-corrected chi connectivity index (χ1v) is 5.53. The fraction of sp³-hybridized carbons (Fsp3) is 1.00. The van der Waals surface area contributed by atoms with Gasteiger partial charge in [-0.1, -0.05) is 0 Å². The van der Waals surface area contributed by atoms with Crippen LogP contribution in [0.25, 0.3) is 0 Å². The van der Waals surface area contributed by atoms with Crippen molar-refractivity contribution in [3.8, 4) is 0 Å². The van der Waals surface area contributed by atoms with Gasteiger partial charge < -0.3 is 30.1 Å². The predicted molar refractivity (Wildman–Crippen MR) is 45.7 cm³/mol. The molecule has 92 valence electrons. The molecule has 0 aliphatic heterocycles. The molecule has 0 aliphatic carbocycles. The average molecular weight is 284 g/mol. The van der Waals surface area contributed by atoms with Crippen LogP contribution in [0.5, 0.6) is 0 Å². The predicted octanol–water partition coefficient (Wildman–Crippen LogP) is -7.03. The summed E-state index contributed by atoms with van der Waals surface area (Å²) in [7, 11) is -4.75. The van der Waals surface area contributed by atoms with E-state index >= 15 is 0 Å². The smallest absolute Gasteiger partial charge is 0.748 e. The van der Waals surface area contributed by atoms with Crippen molar-refractivity contribution in [1.29, 1.82) is 0 Å². The summed E-state index contributed by atoms with van der Waals surface area (Å²) in [6, 6.07) is 0. The van der Waals surface area contributed by atoms with E-state index in [1.54, 1.807) is 0 Å². The Bertz CT molecular complexity index is 280. The van der Waals surface area contributed by atoms with Gasteiger partial charge in [0.25, 0.3) is 0 Å². The summed E-state index contributed by atoms with van der Waals surface area (Å²) >= 11 is 0. The van der Waals surface area contributed by atoms with Crippen LogP contribution in [0.2, 0.25) is 0 Å². The van der Waals surface area contributed by atoms with Gasteiger partial charge in [-0.2, -0.15) is 0 Å². The Kier molecular flexibility index (Phi) is 10.4. The first-order chi connectivity index (χ1) is 6.69. The van der Waals surface area contributed by atoms with Crippen molar-refractivity contribution in [3.05, 3.63) is 0 Å². The van der Waals surface area contributed by atoms with E-state index in [1.165, 1.54) is 0 Å². The van der Waals surface area contributed by atoms with Crippen molar-refractivity contribution in [3.63, 3.8) is 0 Å². The van der Waals surface area contributed by atoms with E-state index in [2.05, 4.69) is 0 Å². The minimum Gasteiger partial charge on any atom is -0.748 e. The number of aliphatic hydroxyl groups is 5. The Morgan fingerprint density at radius 1 is 1.00 bits per heavy atom. The summed E-state index contributed by atoms with van der Waals surface area (Å²) in [6.45, 7) is -0.880. The molecule has 0 amide bonds. The molecule has 0 radical (unpaired) electrons. The van der Waals surface area contributed by atoms with Gasteiger partial charge in [-0.3, -0.25) is 0 Å². The molecule has 0 aromatic carbocycles. The molecule has 8 nitrogen and oxygen atoms in total. The molecular formula is C6H13KO8S. The van der Waals surface area contributed by atoms with Gasteiger partial charge >= 0.3 is 51.4 Å². The van der Waals surface area contributed by atoms with Crippen LogP contribution in [0.1, 0.15) is 0 Å². The van der Waals surface area contributed by atoms with Crippen molar-refractivity contribution in [2.45, 2.75) is 24.4 Å². The van der Waals surface area contributed by atoms with Gasteiger partial charge in [0, 0.05) is 0 Å². The monoisotopic (exact) mass is 284 g/mol. The summed E-state index contributed by atoms with van der Waals surface area (Å²) in [6.07, 6.45) is -7.73. The Labute approximate surface area is 135 Å². The molecule has 4 atom stereocenters. The molecule has 0 rings (SSSR count). The van der Waals surface area contributed by atoms with E-state index in [-0.39, 0.29) is 51.4 Å². The van der Waals surface area contributed by atoms with E-state index in [9.17, 15) is 13.0 Å². The Morgan fingerprint density at radius 2 is 1.38 bits per heavy atom. The third-order valence-electron chi connectivity index (χ3n) is 1.70. The molecule has 0 aromatic rings. The van der Waals surface area contributed by atoms with Crippen LogP contribution in [-0.2, 0) is 10.1 Å². The maximum Gasteiger partial charge on any atom is 1.00 e. The van der Waals surface area contributed by atoms with E-state index in [0.29, 0.717) is 0 Å². The van der Waals surface area contributed by atoms with E-state index in [1.807, 2.05) is 0 Å². The normalized spacial score (nSPS) is 19.4. The van der Waals surface area contributed by atoms with E-state index < -0.39 is 46.9 Å². The SMILES string of the molecule is O=S(=O)([O-])C[C@H](O)[C@@H](O)[C@H](O)[C@H](O)CO.[K+]. The molecule has 0 saturated carbocycles. The zero-order valence-electron chi connectivity index (χ0n) is 8.59. The first-order valence-electron chi connectivity index (χ1n) is 3.95. The topological polar surface area (TPSA) is 158 Å². The molecule has 0 aromatic heterocycles. The van der Waals surface area contributed by atoms with Crippen LogP contribution in [0.3, 0.4) is 0 Å². The fourth-order valence-corrected chi connectivity index (χ4v) is 1.49. The second kappa shape index (κ2) is 8.45. The zero-order chi connectivity index (χ0) is 12.2. The summed E-state index contributed by atoms with van der Waals surface area (Å²) in [4.78, 5) is 0. The Balaban J connectivity index is 0. The van der Waals surface area contributed by atoms with Crippen LogP contribution < -0.4 is 51.4 Å². The quantitative estimate of drug-likeness (QED) is 0.238. The fourth-order valence-electron chi connectivity index (χ4n) is 0.871. The van der Waals surface area contributed by atoms with E-state index in [4.69, 9.17) is 25.5 Å². The molecule has 0 heterocycles. The second-order valence-corrected chi connectivity index (χ2v) is 4.47. The third-order valence-corrected chi connectivity index (χ3v) is 2.45. The number of hydrogen-bond acceptors (Lipinski definition) is 8. The summed E-state index contributed by atoms with van der Waals surface area (Å²) in [5, 5.41) is 44.3. The number of rotatable bonds is 6. The largest absolute Gasteiger partial charge is 1.00 e. The number of hydrogen-bond donors (Lipinski definition) is 5. The van der Waals surface area contributed by atoms with Gasteiger partial charge in [-0.05, 0) is 0 Å². The summed E-state index contributed by atoms with van der Waals surface area (Å²) in [5.41, 5.74) is 0. The molecule has 0 spiro atoms. The van der Waals surface area contributed by atoms with Crippen LogP contribution in [0, 0.1) is 0 Å². The maximum atomic E-state index is 10.2. The molecule has 0 aliphatic rings. The van der Waals surface area contributed by atoms with Crippen molar-refractivity contribution >= 4 is 10.1 Å². The van der Waals surface area contributed by atoms with Crippen molar-refractivity contribution in [2.75, 3.05) is 12.4 Å². The summed E-state index contributed by atoms with van der Waals surface area (Å²) in [5.74, 6) is -1.29. The van der Waals surface area contributed by atoms with Crippen molar-refractivity contribution in [2.24, 2.45) is 0 Å². The molecule has 0 saturated heterocycles. The number of aliphatic hydroxyl groups excluding tert-OH is 5. The Hall–Kier alpha value is 1.35. The van der Waals surface area contributed by atoms with Crippen LogP contribution >= 0.6 is 0 Å². The van der Waals surface area contributed by atoms with Gasteiger partial charge in [0.1, 0.15) is 18.3 Å². The molecule has 0 bridgehead atoms. The molecule has 16 heavy (non-hydrogen) atoms. The van der Waals surface area contributed by atoms with Gasteiger partial charge in [0.05, 0.1) is 28.6 Å². The van der Waals surface area contributed by atoms with Gasteiger partial charge in [0.15, 0.2) is 0 Å². The zero-order valence-corrected chi connectivity index (χ0v) is 12.5. The molecule has 5 N–H and O–H groups in total. The van der Waals surface area contributed by atoms with Gasteiger partial charge in [-0.25, -0.2) is 8.42 Å². The Morgan fingerprint density at radius 3 is 1.69 bits per heavy atom. The van der Waals surface area contributed by atoms with Crippen LogP contribution in [0.15, 0.2) is 0 Å². The van der Waals surface area contributed by atoms with Crippen LogP contribution in [0.4, 0.5) is 0 Å². The second-order valence-electron chi connectivity index (χ2n) is 3.02. The molecular weight excluding hydrogens is 271 g/mol. The maximum absolute atomic E-state index is 10.2. The van der Waals surface area contributed by atoms with E-state index in [0.717, 1.165) is 0 Å². The minimum atomic E-state index is -4.75. The third kappa shape index (κ3) is 7.63. The standard InChI is InChI=1S/C6H14O8S.K/c7-1-3(8)5(10)6(11)4(9)2-15(12,13)14;/h3-11H,1-2H2,(H,12,13,14);/q;+1/p-1/t3-,4+,5-,6-;/m1./s1.